The molecule has 2 aromatic rings. The third-order valence-electron chi connectivity index (χ3n) is 5.95. The maximum atomic E-state index is 12.9. The van der Waals surface area contributed by atoms with E-state index in [9.17, 15) is 13.2 Å². The molecule has 1 amide bonds. The molecule has 0 radical (unpaired) electrons. The molecule has 0 spiro atoms. The number of rotatable bonds is 6. The fourth-order valence-corrected chi connectivity index (χ4v) is 5.88. The second kappa shape index (κ2) is 9.72. The Morgan fingerprint density at radius 1 is 1.06 bits per heavy atom. The molecule has 1 fully saturated rings. The predicted octanol–water partition coefficient (Wildman–Crippen LogP) is 3.46. The Kier molecular flexibility index (Phi) is 6.97. The van der Waals surface area contributed by atoms with E-state index in [4.69, 9.17) is 9.47 Å². The van der Waals surface area contributed by atoms with Crippen LogP contribution in [0.4, 0.5) is 0 Å². The van der Waals surface area contributed by atoms with Crippen LogP contribution < -0.4 is 14.8 Å². The van der Waals surface area contributed by atoms with Crippen molar-refractivity contribution in [3.63, 3.8) is 0 Å². The van der Waals surface area contributed by atoms with Crippen LogP contribution >= 0.6 is 11.8 Å². The van der Waals surface area contributed by atoms with E-state index in [0.717, 1.165) is 16.2 Å². The Labute approximate surface area is 193 Å². The summed E-state index contributed by atoms with van der Waals surface area (Å²) in [6.07, 6.45) is 2.96. The molecule has 2 aromatic carbocycles. The molecule has 1 atom stereocenters. The molecule has 0 bridgehead atoms. The highest BCUT2D eigenvalue weighted by Crippen LogP contribution is 2.33. The number of nitrogens with zero attached hydrogens (tertiary/aromatic N) is 1. The summed E-state index contributed by atoms with van der Waals surface area (Å²) in [7, 11) is -3.54. The Hall–Kier alpha value is -2.23. The van der Waals surface area contributed by atoms with Crippen molar-refractivity contribution < 1.29 is 22.7 Å². The van der Waals surface area contributed by atoms with Gasteiger partial charge in [0.25, 0.3) is 0 Å². The number of amides is 1. The van der Waals surface area contributed by atoms with Crippen LogP contribution in [0.25, 0.3) is 0 Å². The lowest BCUT2D eigenvalue weighted by Gasteiger charge is -2.31. The van der Waals surface area contributed by atoms with Gasteiger partial charge in [-0.2, -0.15) is 4.31 Å². The van der Waals surface area contributed by atoms with E-state index in [-0.39, 0.29) is 17.9 Å². The van der Waals surface area contributed by atoms with E-state index in [1.165, 1.54) is 4.31 Å². The van der Waals surface area contributed by atoms with Gasteiger partial charge in [-0.1, -0.05) is 6.07 Å². The monoisotopic (exact) mass is 476 g/mol. The molecule has 1 saturated heterocycles. The van der Waals surface area contributed by atoms with Gasteiger partial charge in [-0.15, -0.1) is 11.8 Å². The predicted molar refractivity (Wildman–Crippen MR) is 124 cm³/mol. The minimum atomic E-state index is -3.54. The minimum absolute atomic E-state index is 0.0474. The van der Waals surface area contributed by atoms with Gasteiger partial charge in [-0.25, -0.2) is 8.42 Å². The van der Waals surface area contributed by atoms with Crippen molar-refractivity contribution in [2.45, 2.75) is 35.6 Å². The van der Waals surface area contributed by atoms with E-state index < -0.39 is 10.0 Å². The fourth-order valence-electron chi connectivity index (χ4n) is 4.00. The highest BCUT2D eigenvalue weighted by molar-refractivity contribution is 7.98. The number of hydrogen-bond donors (Lipinski definition) is 1. The number of nitrogens with one attached hydrogen (secondary N) is 1. The summed E-state index contributed by atoms with van der Waals surface area (Å²) < 4.78 is 38.5. The number of hydrogen-bond acceptors (Lipinski definition) is 6. The highest BCUT2D eigenvalue weighted by Gasteiger charge is 2.32. The van der Waals surface area contributed by atoms with E-state index in [1.807, 2.05) is 43.5 Å². The van der Waals surface area contributed by atoms with Gasteiger partial charge in [0.2, 0.25) is 15.9 Å². The van der Waals surface area contributed by atoms with E-state index in [0.29, 0.717) is 49.8 Å². The lowest BCUT2D eigenvalue weighted by molar-refractivity contribution is -0.126. The Bertz CT molecular complexity index is 1060. The number of thioether (sulfide) groups is 1. The van der Waals surface area contributed by atoms with E-state index in [1.54, 1.807) is 23.9 Å². The lowest BCUT2D eigenvalue weighted by Crippen LogP contribution is -2.43. The number of ether oxygens (including phenoxy) is 2. The van der Waals surface area contributed by atoms with Crippen molar-refractivity contribution in [3.05, 3.63) is 48.0 Å². The Balaban J connectivity index is 1.34. The average Bonchev–Trinajstić information content (AvgIpc) is 2.83. The SMILES string of the molecule is CSc1ccc(S(=O)(=O)N2CCC(C(=O)N[C@@H](C)c3ccc4c(c3)OCCO4)CC2)cc1. The first-order valence-electron chi connectivity index (χ1n) is 10.7. The van der Waals surface area contributed by atoms with Crippen LogP contribution in [0, 0.1) is 5.92 Å². The first-order chi connectivity index (χ1) is 15.4. The third-order valence-corrected chi connectivity index (χ3v) is 8.60. The van der Waals surface area contributed by atoms with Crippen LogP contribution in [0.15, 0.2) is 52.3 Å². The zero-order valence-corrected chi connectivity index (χ0v) is 19.9. The topological polar surface area (TPSA) is 84.9 Å². The van der Waals surface area contributed by atoms with Gasteiger partial charge in [0.1, 0.15) is 13.2 Å². The first kappa shape index (κ1) is 22.9. The van der Waals surface area contributed by atoms with Crippen LogP contribution in [-0.4, -0.2) is 51.2 Å². The van der Waals surface area contributed by atoms with Crippen molar-refractivity contribution in [2.24, 2.45) is 5.92 Å². The summed E-state index contributed by atoms with van der Waals surface area (Å²) in [4.78, 5) is 14.1. The first-order valence-corrected chi connectivity index (χ1v) is 13.4. The molecule has 0 saturated carbocycles. The van der Waals surface area contributed by atoms with E-state index in [2.05, 4.69) is 5.32 Å². The molecule has 9 heteroatoms. The molecule has 2 aliphatic rings. The van der Waals surface area contributed by atoms with Gasteiger partial charge in [0.05, 0.1) is 10.9 Å². The van der Waals surface area contributed by atoms with Crippen LogP contribution in [0.5, 0.6) is 11.5 Å². The molecule has 0 aromatic heterocycles. The molecule has 1 N–H and O–H groups in total. The molecular weight excluding hydrogens is 448 g/mol. The van der Waals surface area contributed by atoms with E-state index >= 15 is 0 Å². The summed E-state index contributed by atoms with van der Waals surface area (Å²) in [6, 6.07) is 12.4. The molecule has 172 valence electrons. The number of carbonyl (C=O) groups excluding carboxylic acids is 1. The molecule has 2 aliphatic heterocycles. The molecule has 2 heterocycles. The molecule has 0 aliphatic carbocycles. The quantitative estimate of drug-likeness (QED) is 0.643. The minimum Gasteiger partial charge on any atom is -0.486 e. The van der Waals surface area contributed by atoms with Crippen LogP contribution in [0.1, 0.15) is 31.4 Å². The average molecular weight is 477 g/mol. The maximum absolute atomic E-state index is 12.9. The van der Waals surface area contributed by atoms with Crippen LogP contribution in [-0.2, 0) is 14.8 Å². The standard InChI is InChI=1S/C23H28N2O5S2/c1-16(18-3-8-21-22(15-18)30-14-13-29-21)24-23(26)17-9-11-25(12-10-17)32(27,28)20-6-4-19(31-2)5-7-20/h3-8,15-17H,9-14H2,1-2H3,(H,24,26)/t16-/m0/s1. The normalized spacial score (nSPS) is 18.2. The van der Waals surface area contributed by atoms with Crippen LogP contribution in [0.2, 0.25) is 0 Å². The summed E-state index contributed by atoms with van der Waals surface area (Å²) in [5.74, 6) is 1.16. The second-order valence-electron chi connectivity index (χ2n) is 7.99. The third kappa shape index (κ3) is 4.89. The van der Waals surface area contributed by atoms with Crippen molar-refractivity contribution in [1.82, 2.24) is 9.62 Å². The summed E-state index contributed by atoms with van der Waals surface area (Å²) in [6.45, 7) is 3.66. The summed E-state index contributed by atoms with van der Waals surface area (Å²) in [5.41, 5.74) is 0.941. The second-order valence-corrected chi connectivity index (χ2v) is 10.8. The molecular formula is C23H28N2O5S2. The number of fused-ring (bicyclic) bond motifs is 1. The summed E-state index contributed by atoms with van der Waals surface area (Å²) in [5, 5.41) is 3.07. The largest absolute Gasteiger partial charge is 0.486 e. The molecule has 4 rings (SSSR count). The number of carbonyl (C=O) groups is 1. The zero-order chi connectivity index (χ0) is 22.7. The number of sulfonamides is 1. The van der Waals surface area contributed by atoms with Crippen LogP contribution in [0.3, 0.4) is 0 Å². The van der Waals surface area contributed by atoms with Crippen molar-refractivity contribution >= 4 is 27.7 Å². The molecule has 32 heavy (non-hydrogen) atoms. The molecule has 7 nitrogen and oxygen atoms in total. The zero-order valence-electron chi connectivity index (χ0n) is 18.2. The Morgan fingerprint density at radius 3 is 2.38 bits per heavy atom. The Morgan fingerprint density at radius 2 is 1.72 bits per heavy atom. The van der Waals surface area contributed by atoms with Gasteiger partial charge in [0, 0.05) is 23.9 Å². The highest BCUT2D eigenvalue weighted by atomic mass is 32.2. The van der Waals surface area contributed by atoms with Crippen molar-refractivity contribution in [2.75, 3.05) is 32.6 Å². The fraction of sp³-hybridized carbons (Fsp3) is 0.435. The van der Waals surface area contributed by atoms with Gasteiger partial charge in [0.15, 0.2) is 11.5 Å². The molecule has 0 unspecified atom stereocenters. The number of piperidine rings is 1. The maximum Gasteiger partial charge on any atom is 0.243 e. The number of benzene rings is 2. The van der Waals surface area contributed by atoms with Gasteiger partial charge < -0.3 is 14.8 Å². The van der Waals surface area contributed by atoms with Gasteiger partial charge in [-0.05, 0) is 68.0 Å². The smallest absolute Gasteiger partial charge is 0.243 e. The van der Waals surface area contributed by atoms with Gasteiger partial charge >= 0.3 is 0 Å². The lowest BCUT2D eigenvalue weighted by atomic mass is 9.96. The van der Waals surface area contributed by atoms with Crippen molar-refractivity contribution in [3.8, 4) is 11.5 Å². The van der Waals surface area contributed by atoms with Gasteiger partial charge in [-0.3, -0.25) is 4.79 Å². The summed E-state index contributed by atoms with van der Waals surface area (Å²) >= 11 is 1.57. The van der Waals surface area contributed by atoms with Crippen molar-refractivity contribution in [1.29, 1.82) is 0 Å².